The average molecular weight is 343 g/mol. The molecule has 0 aliphatic rings. The molecule has 0 aromatic heterocycles. The zero-order valence-electron chi connectivity index (χ0n) is 12.6. The number of rotatable bonds is 9. The Hall–Kier alpha value is -0.420. The lowest BCUT2D eigenvalue weighted by atomic mass is 9.96. The topological polar surface area (TPSA) is 49.5 Å². The van der Waals surface area contributed by atoms with E-state index in [1.54, 1.807) is 0 Å². The van der Waals surface area contributed by atoms with Gasteiger partial charge in [0.2, 0.25) is 0 Å². The number of nitrogens with zero attached hydrogens (tertiary/aromatic N) is 1. The van der Waals surface area contributed by atoms with Crippen LogP contribution in [0.5, 0.6) is 0 Å². The summed E-state index contributed by atoms with van der Waals surface area (Å²) in [6, 6.07) is 8.58. The summed E-state index contributed by atoms with van der Waals surface area (Å²) in [6.07, 6.45) is 3.20. The summed E-state index contributed by atoms with van der Waals surface area (Å²) in [6.45, 7) is 6.12. The van der Waals surface area contributed by atoms with E-state index in [1.807, 2.05) is 12.1 Å². The molecule has 0 saturated heterocycles. The third-order valence-electron chi connectivity index (χ3n) is 3.65. The monoisotopic (exact) mass is 342 g/mol. The molecular formula is C16H27BrN2O. The number of nitrogens with two attached hydrogens (primary N) is 1. The highest BCUT2D eigenvalue weighted by molar-refractivity contribution is 9.10. The predicted molar refractivity (Wildman–Crippen MR) is 88.7 cm³/mol. The maximum absolute atomic E-state index is 9.35. The summed E-state index contributed by atoms with van der Waals surface area (Å²) in [5.41, 5.74) is 7.58. The van der Waals surface area contributed by atoms with Gasteiger partial charge >= 0.3 is 0 Å². The minimum Gasteiger partial charge on any atom is -0.395 e. The number of hydrogen-bond acceptors (Lipinski definition) is 3. The quantitative estimate of drug-likeness (QED) is 0.723. The van der Waals surface area contributed by atoms with Crippen molar-refractivity contribution in [3.63, 3.8) is 0 Å². The SMILES string of the molecule is CCCCN(CCO)C(c1cccc(Br)c1)C(N)CC. The molecule has 0 fully saturated rings. The Bertz CT molecular complexity index is 386. The molecule has 4 heteroatoms. The maximum Gasteiger partial charge on any atom is 0.0558 e. The highest BCUT2D eigenvalue weighted by atomic mass is 79.9. The molecule has 1 rings (SSSR count). The van der Waals surface area contributed by atoms with Gasteiger partial charge in [-0.05, 0) is 37.1 Å². The predicted octanol–water partition coefficient (Wildman–Crippen LogP) is 3.32. The van der Waals surface area contributed by atoms with Crippen LogP contribution in [0.4, 0.5) is 0 Å². The van der Waals surface area contributed by atoms with Crippen LogP contribution < -0.4 is 5.73 Å². The fourth-order valence-electron chi connectivity index (χ4n) is 2.52. The molecule has 0 heterocycles. The van der Waals surface area contributed by atoms with E-state index in [1.165, 1.54) is 5.56 Å². The van der Waals surface area contributed by atoms with Gasteiger partial charge in [-0.1, -0.05) is 48.3 Å². The van der Waals surface area contributed by atoms with Crippen LogP contribution in [0, 0.1) is 0 Å². The third kappa shape index (κ3) is 5.17. The van der Waals surface area contributed by atoms with Gasteiger partial charge in [0.15, 0.2) is 0 Å². The summed E-state index contributed by atoms with van der Waals surface area (Å²) in [4.78, 5) is 2.32. The molecule has 0 aliphatic heterocycles. The second kappa shape index (κ2) is 9.50. The minimum atomic E-state index is 0.0766. The van der Waals surface area contributed by atoms with E-state index in [-0.39, 0.29) is 18.7 Å². The zero-order chi connectivity index (χ0) is 15.0. The molecule has 0 bridgehead atoms. The van der Waals surface area contributed by atoms with Gasteiger partial charge in [-0.3, -0.25) is 4.90 Å². The molecule has 0 radical (unpaired) electrons. The number of aliphatic hydroxyl groups excluding tert-OH is 1. The summed E-state index contributed by atoms with van der Waals surface area (Å²) in [5, 5.41) is 9.35. The Labute approximate surface area is 131 Å². The first kappa shape index (κ1) is 17.6. The van der Waals surface area contributed by atoms with E-state index in [0.717, 1.165) is 30.3 Å². The summed E-state index contributed by atoms with van der Waals surface area (Å²) in [5.74, 6) is 0. The Morgan fingerprint density at radius 2 is 2.05 bits per heavy atom. The Balaban J connectivity index is 3.01. The van der Waals surface area contributed by atoms with Crippen LogP contribution in [0.2, 0.25) is 0 Å². The van der Waals surface area contributed by atoms with Crippen molar-refractivity contribution in [1.82, 2.24) is 4.90 Å². The van der Waals surface area contributed by atoms with Gasteiger partial charge in [0, 0.05) is 23.1 Å². The molecule has 20 heavy (non-hydrogen) atoms. The lowest BCUT2D eigenvalue weighted by Crippen LogP contribution is -2.42. The van der Waals surface area contributed by atoms with Gasteiger partial charge in [0.05, 0.1) is 6.61 Å². The van der Waals surface area contributed by atoms with Crippen LogP contribution in [0.15, 0.2) is 28.7 Å². The van der Waals surface area contributed by atoms with Gasteiger partial charge in [-0.15, -0.1) is 0 Å². The van der Waals surface area contributed by atoms with Gasteiger partial charge in [-0.2, -0.15) is 0 Å². The Morgan fingerprint density at radius 1 is 1.30 bits per heavy atom. The van der Waals surface area contributed by atoms with Gasteiger partial charge in [-0.25, -0.2) is 0 Å². The van der Waals surface area contributed by atoms with Crippen molar-refractivity contribution >= 4 is 15.9 Å². The molecule has 114 valence electrons. The molecule has 3 nitrogen and oxygen atoms in total. The minimum absolute atomic E-state index is 0.0766. The molecule has 1 aromatic carbocycles. The number of benzene rings is 1. The normalized spacial score (nSPS) is 14.5. The first-order valence-corrected chi connectivity index (χ1v) is 8.29. The van der Waals surface area contributed by atoms with Crippen LogP contribution in [0.25, 0.3) is 0 Å². The summed E-state index contributed by atoms with van der Waals surface area (Å²) < 4.78 is 1.07. The second-order valence-corrected chi connectivity index (χ2v) is 6.10. The molecule has 3 N–H and O–H groups in total. The standard InChI is InChI=1S/C16H27BrN2O/c1-3-5-9-19(10-11-20)16(15(18)4-2)13-7-6-8-14(17)12-13/h6-8,12,15-16,20H,3-5,9-11,18H2,1-2H3. The van der Waals surface area contributed by atoms with E-state index in [4.69, 9.17) is 5.73 Å². The van der Waals surface area contributed by atoms with Crippen molar-refractivity contribution in [2.75, 3.05) is 19.7 Å². The largest absolute Gasteiger partial charge is 0.395 e. The van der Waals surface area contributed by atoms with E-state index in [9.17, 15) is 5.11 Å². The van der Waals surface area contributed by atoms with Crippen molar-refractivity contribution in [2.24, 2.45) is 5.73 Å². The van der Waals surface area contributed by atoms with E-state index in [0.29, 0.717) is 6.54 Å². The molecule has 2 atom stereocenters. The third-order valence-corrected chi connectivity index (χ3v) is 4.14. The molecule has 2 unspecified atom stereocenters. The van der Waals surface area contributed by atoms with E-state index in [2.05, 4.69) is 46.8 Å². The maximum atomic E-state index is 9.35. The second-order valence-electron chi connectivity index (χ2n) is 5.19. The molecule has 0 aliphatic carbocycles. The van der Waals surface area contributed by atoms with Crippen LogP contribution in [0.1, 0.15) is 44.7 Å². The summed E-state index contributed by atoms with van der Waals surface area (Å²) >= 11 is 3.53. The van der Waals surface area contributed by atoms with Gasteiger partial charge < -0.3 is 10.8 Å². The molecule has 0 saturated carbocycles. The smallest absolute Gasteiger partial charge is 0.0558 e. The van der Waals surface area contributed by atoms with Crippen molar-refractivity contribution in [2.45, 2.75) is 45.2 Å². The lowest BCUT2D eigenvalue weighted by molar-refractivity contribution is 0.130. The van der Waals surface area contributed by atoms with Crippen molar-refractivity contribution < 1.29 is 5.11 Å². The van der Waals surface area contributed by atoms with Crippen LogP contribution in [-0.2, 0) is 0 Å². The number of halogens is 1. The highest BCUT2D eigenvalue weighted by Gasteiger charge is 2.25. The molecule has 0 spiro atoms. The first-order valence-electron chi connectivity index (χ1n) is 7.50. The van der Waals surface area contributed by atoms with Crippen molar-refractivity contribution in [3.05, 3.63) is 34.3 Å². The van der Waals surface area contributed by atoms with Crippen LogP contribution in [0.3, 0.4) is 0 Å². The van der Waals surface area contributed by atoms with E-state index >= 15 is 0 Å². The van der Waals surface area contributed by atoms with Crippen molar-refractivity contribution in [3.8, 4) is 0 Å². The average Bonchev–Trinajstić information content (AvgIpc) is 2.44. The number of unbranched alkanes of at least 4 members (excludes halogenated alkanes) is 1. The highest BCUT2D eigenvalue weighted by Crippen LogP contribution is 2.27. The van der Waals surface area contributed by atoms with Crippen LogP contribution >= 0.6 is 15.9 Å². The molecular weight excluding hydrogens is 316 g/mol. The number of aliphatic hydroxyl groups is 1. The van der Waals surface area contributed by atoms with Crippen LogP contribution in [-0.4, -0.2) is 35.7 Å². The Morgan fingerprint density at radius 3 is 2.60 bits per heavy atom. The van der Waals surface area contributed by atoms with Crippen molar-refractivity contribution in [1.29, 1.82) is 0 Å². The fourth-order valence-corrected chi connectivity index (χ4v) is 2.94. The van der Waals surface area contributed by atoms with E-state index < -0.39 is 0 Å². The molecule has 0 amide bonds. The lowest BCUT2D eigenvalue weighted by Gasteiger charge is -2.35. The summed E-state index contributed by atoms with van der Waals surface area (Å²) in [7, 11) is 0. The number of hydrogen-bond donors (Lipinski definition) is 2. The Kier molecular flexibility index (Phi) is 8.38. The zero-order valence-corrected chi connectivity index (χ0v) is 14.1. The fraction of sp³-hybridized carbons (Fsp3) is 0.625. The van der Waals surface area contributed by atoms with Gasteiger partial charge in [0.25, 0.3) is 0 Å². The first-order chi connectivity index (χ1) is 9.63. The van der Waals surface area contributed by atoms with Gasteiger partial charge in [0.1, 0.15) is 0 Å². The molecule has 1 aromatic rings.